The lowest BCUT2D eigenvalue weighted by atomic mass is 10.1. The molecule has 1 unspecified atom stereocenters. The second kappa shape index (κ2) is 9.78. The number of rotatable bonds is 9. The molecule has 2 heterocycles. The minimum Gasteiger partial charge on any atom is -0.489 e. The zero-order chi connectivity index (χ0) is 21.5. The van der Waals surface area contributed by atoms with Gasteiger partial charge in [0.15, 0.2) is 6.10 Å². The quantitative estimate of drug-likeness (QED) is 0.538. The van der Waals surface area contributed by atoms with Crippen molar-refractivity contribution in [2.24, 2.45) is 0 Å². The minimum atomic E-state index is -0.898. The van der Waals surface area contributed by atoms with Crippen LogP contribution in [-0.2, 0) is 33.9 Å². The molecule has 0 bridgehead atoms. The third-order valence-corrected chi connectivity index (χ3v) is 4.53. The third-order valence-electron chi connectivity index (χ3n) is 4.53. The van der Waals surface area contributed by atoms with E-state index in [2.05, 4.69) is 10.5 Å². The number of aromatic nitrogens is 1. The van der Waals surface area contributed by atoms with Gasteiger partial charge in [0.05, 0.1) is 30.5 Å². The number of benzene rings is 1. The SMILES string of the molecule is Cc1noc(C)c1COc1ccc(CC(=O)OC(C)C(=O)NCc2ccco2)cc1. The van der Waals surface area contributed by atoms with Crippen molar-refractivity contribution in [3.63, 3.8) is 0 Å². The van der Waals surface area contributed by atoms with Gasteiger partial charge in [0, 0.05) is 0 Å². The number of nitrogens with zero attached hydrogens (tertiary/aromatic N) is 1. The first-order valence-electron chi connectivity index (χ1n) is 9.55. The smallest absolute Gasteiger partial charge is 0.311 e. The fourth-order valence-corrected chi connectivity index (χ4v) is 2.76. The van der Waals surface area contributed by atoms with Crippen LogP contribution in [0.3, 0.4) is 0 Å². The summed E-state index contributed by atoms with van der Waals surface area (Å²) in [6, 6.07) is 10.6. The van der Waals surface area contributed by atoms with E-state index in [9.17, 15) is 9.59 Å². The maximum absolute atomic E-state index is 12.1. The Kier molecular flexibility index (Phi) is 6.90. The van der Waals surface area contributed by atoms with Gasteiger partial charge in [0.2, 0.25) is 0 Å². The lowest BCUT2D eigenvalue weighted by Crippen LogP contribution is -2.35. The molecular formula is C22H24N2O6. The molecule has 0 aliphatic rings. The molecule has 8 heteroatoms. The topological polar surface area (TPSA) is 104 Å². The number of ether oxygens (including phenoxy) is 2. The number of esters is 1. The lowest BCUT2D eigenvalue weighted by molar-refractivity contribution is -0.154. The van der Waals surface area contributed by atoms with Crippen LogP contribution < -0.4 is 10.1 Å². The molecule has 0 saturated heterocycles. The number of furan rings is 1. The molecule has 3 rings (SSSR count). The molecular weight excluding hydrogens is 388 g/mol. The van der Waals surface area contributed by atoms with E-state index in [1.807, 2.05) is 13.8 Å². The summed E-state index contributed by atoms with van der Waals surface area (Å²) in [5.74, 6) is 1.15. The largest absolute Gasteiger partial charge is 0.489 e. The summed E-state index contributed by atoms with van der Waals surface area (Å²) >= 11 is 0. The zero-order valence-electron chi connectivity index (χ0n) is 17.1. The molecule has 0 fully saturated rings. The Morgan fingerprint density at radius 2 is 1.93 bits per heavy atom. The summed E-state index contributed by atoms with van der Waals surface area (Å²) in [6.45, 7) is 5.82. The molecule has 30 heavy (non-hydrogen) atoms. The predicted octanol–water partition coefficient (Wildman–Crippen LogP) is 3.25. The Morgan fingerprint density at radius 1 is 1.17 bits per heavy atom. The van der Waals surface area contributed by atoms with Crippen LogP contribution in [0.1, 0.15) is 35.3 Å². The van der Waals surface area contributed by atoms with Crippen molar-refractivity contribution in [1.29, 1.82) is 0 Å². The lowest BCUT2D eigenvalue weighted by Gasteiger charge is -2.13. The van der Waals surface area contributed by atoms with Gasteiger partial charge < -0.3 is 23.7 Å². The van der Waals surface area contributed by atoms with Gasteiger partial charge in [-0.05, 0) is 50.6 Å². The van der Waals surface area contributed by atoms with Crippen LogP contribution in [0, 0.1) is 13.8 Å². The highest BCUT2D eigenvalue weighted by Crippen LogP contribution is 2.18. The summed E-state index contributed by atoms with van der Waals surface area (Å²) < 4.78 is 21.2. The summed E-state index contributed by atoms with van der Waals surface area (Å²) in [5.41, 5.74) is 2.48. The highest BCUT2D eigenvalue weighted by Gasteiger charge is 2.18. The van der Waals surface area contributed by atoms with Crippen molar-refractivity contribution < 1.29 is 28.0 Å². The van der Waals surface area contributed by atoms with Crippen molar-refractivity contribution in [2.45, 2.75) is 46.4 Å². The second-order valence-corrected chi connectivity index (χ2v) is 6.84. The van der Waals surface area contributed by atoms with E-state index in [0.717, 1.165) is 22.6 Å². The molecule has 1 aromatic carbocycles. The number of hydrogen-bond donors (Lipinski definition) is 1. The average Bonchev–Trinajstić information content (AvgIpc) is 3.35. The minimum absolute atomic E-state index is 0.0555. The fraction of sp³-hybridized carbons (Fsp3) is 0.318. The van der Waals surface area contributed by atoms with Crippen molar-refractivity contribution in [1.82, 2.24) is 10.5 Å². The summed E-state index contributed by atoms with van der Waals surface area (Å²) in [6.07, 6.45) is 0.683. The molecule has 0 radical (unpaired) electrons. The number of amides is 1. The second-order valence-electron chi connectivity index (χ2n) is 6.84. The molecule has 0 saturated carbocycles. The highest BCUT2D eigenvalue weighted by molar-refractivity contribution is 5.83. The van der Waals surface area contributed by atoms with E-state index >= 15 is 0 Å². The molecule has 1 atom stereocenters. The van der Waals surface area contributed by atoms with Gasteiger partial charge in [-0.15, -0.1) is 0 Å². The Bertz CT molecular complexity index is 956. The standard InChI is InChI=1S/C22H24N2O6/c1-14-20(15(2)30-24-14)13-28-18-8-6-17(7-9-18)11-21(25)29-16(3)22(26)23-12-19-5-4-10-27-19/h4-10,16H,11-13H2,1-3H3,(H,23,26). The maximum atomic E-state index is 12.1. The molecule has 1 N–H and O–H groups in total. The molecule has 0 aliphatic carbocycles. The summed E-state index contributed by atoms with van der Waals surface area (Å²) in [7, 11) is 0. The van der Waals surface area contributed by atoms with E-state index in [-0.39, 0.29) is 18.9 Å². The van der Waals surface area contributed by atoms with Gasteiger partial charge in [-0.3, -0.25) is 9.59 Å². The molecule has 0 spiro atoms. The first kappa shape index (κ1) is 21.2. The van der Waals surface area contributed by atoms with E-state index in [1.54, 1.807) is 36.4 Å². The van der Waals surface area contributed by atoms with E-state index in [4.69, 9.17) is 18.4 Å². The van der Waals surface area contributed by atoms with Gasteiger partial charge in [-0.1, -0.05) is 17.3 Å². The third kappa shape index (κ3) is 5.73. The zero-order valence-corrected chi connectivity index (χ0v) is 17.1. The van der Waals surface area contributed by atoms with Gasteiger partial charge in [-0.2, -0.15) is 0 Å². The van der Waals surface area contributed by atoms with Crippen molar-refractivity contribution >= 4 is 11.9 Å². The fourth-order valence-electron chi connectivity index (χ4n) is 2.76. The monoisotopic (exact) mass is 412 g/mol. The Morgan fingerprint density at radius 3 is 2.57 bits per heavy atom. The first-order chi connectivity index (χ1) is 14.4. The predicted molar refractivity (Wildman–Crippen MR) is 107 cm³/mol. The van der Waals surface area contributed by atoms with Gasteiger partial charge in [0.1, 0.15) is 23.9 Å². The van der Waals surface area contributed by atoms with Crippen LogP contribution in [0.25, 0.3) is 0 Å². The van der Waals surface area contributed by atoms with Crippen LogP contribution in [0.15, 0.2) is 51.6 Å². The maximum Gasteiger partial charge on any atom is 0.311 e. The molecule has 2 aromatic heterocycles. The molecule has 8 nitrogen and oxygen atoms in total. The number of carbonyl (C=O) groups is 2. The number of aryl methyl sites for hydroxylation is 2. The highest BCUT2D eigenvalue weighted by atomic mass is 16.5. The first-order valence-corrected chi connectivity index (χ1v) is 9.55. The summed E-state index contributed by atoms with van der Waals surface area (Å²) in [4.78, 5) is 24.2. The number of nitrogens with one attached hydrogen (secondary N) is 1. The van der Waals surface area contributed by atoms with E-state index < -0.39 is 12.1 Å². The van der Waals surface area contributed by atoms with Crippen LogP contribution in [0.5, 0.6) is 5.75 Å². The van der Waals surface area contributed by atoms with Crippen LogP contribution in [0.4, 0.5) is 0 Å². The van der Waals surface area contributed by atoms with Crippen LogP contribution in [-0.4, -0.2) is 23.1 Å². The average molecular weight is 412 g/mol. The van der Waals surface area contributed by atoms with E-state index in [1.165, 1.54) is 13.2 Å². The van der Waals surface area contributed by atoms with Crippen LogP contribution >= 0.6 is 0 Å². The normalized spacial score (nSPS) is 11.7. The van der Waals surface area contributed by atoms with Crippen molar-refractivity contribution in [3.8, 4) is 5.75 Å². The molecule has 0 aliphatic heterocycles. The Balaban J connectivity index is 1.44. The molecule has 3 aromatic rings. The van der Waals surface area contributed by atoms with Crippen molar-refractivity contribution in [3.05, 3.63) is 71.0 Å². The number of hydrogen-bond acceptors (Lipinski definition) is 7. The Hall–Kier alpha value is -3.55. The molecule has 158 valence electrons. The summed E-state index contributed by atoms with van der Waals surface area (Å²) in [5, 5.41) is 6.55. The van der Waals surface area contributed by atoms with Gasteiger partial charge >= 0.3 is 5.97 Å². The van der Waals surface area contributed by atoms with Gasteiger partial charge in [0.25, 0.3) is 5.91 Å². The Labute approximate surface area is 174 Å². The number of carbonyl (C=O) groups excluding carboxylic acids is 2. The van der Waals surface area contributed by atoms with Crippen molar-refractivity contribution in [2.75, 3.05) is 0 Å². The van der Waals surface area contributed by atoms with E-state index in [0.29, 0.717) is 18.1 Å². The van der Waals surface area contributed by atoms with Crippen LogP contribution in [0.2, 0.25) is 0 Å². The molecule has 1 amide bonds. The van der Waals surface area contributed by atoms with Gasteiger partial charge in [-0.25, -0.2) is 0 Å².